The molecule has 2 aromatic rings. The van der Waals surface area contributed by atoms with Crippen LogP contribution in [0.5, 0.6) is 6.01 Å². The SMILES string of the molecule is COc1nc(CNC(=O)c2ccc(C(C)=O)cc2)nc(N(C)C)n1. The lowest BCUT2D eigenvalue weighted by atomic mass is 10.1. The van der Waals surface area contributed by atoms with E-state index in [4.69, 9.17) is 4.74 Å². The summed E-state index contributed by atoms with van der Waals surface area (Å²) in [6.07, 6.45) is 0. The maximum atomic E-state index is 12.2. The van der Waals surface area contributed by atoms with E-state index in [0.29, 0.717) is 22.9 Å². The van der Waals surface area contributed by atoms with Crippen molar-refractivity contribution in [1.82, 2.24) is 20.3 Å². The van der Waals surface area contributed by atoms with Crippen molar-refractivity contribution in [2.45, 2.75) is 13.5 Å². The largest absolute Gasteiger partial charge is 0.467 e. The first kappa shape index (κ1) is 17.3. The minimum absolute atomic E-state index is 0.0459. The van der Waals surface area contributed by atoms with Crippen LogP contribution in [0.2, 0.25) is 0 Å². The van der Waals surface area contributed by atoms with E-state index in [1.54, 1.807) is 43.3 Å². The molecule has 0 aliphatic carbocycles. The van der Waals surface area contributed by atoms with Gasteiger partial charge in [0.1, 0.15) is 0 Å². The molecule has 0 spiro atoms. The van der Waals surface area contributed by atoms with E-state index in [0.717, 1.165) is 0 Å². The lowest BCUT2D eigenvalue weighted by Crippen LogP contribution is -2.25. The number of hydrogen-bond acceptors (Lipinski definition) is 7. The highest BCUT2D eigenvalue weighted by Crippen LogP contribution is 2.10. The summed E-state index contributed by atoms with van der Waals surface area (Å²) in [7, 11) is 5.06. The van der Waals surface area contributed by atoms with Crippen molar-refractivity contribution in [1.29, 1.82) is 0 Å². The van der Waals surface area contributed by atoms with Crippen LogP contribution >= 0.6 is 0 Å². The molecule has 2 rings (SSSR count). The van der Waals surface area contributed by atoms with Gasteiger partial charge in [-0.2, -0.15) is 15.0 Å². The highest BCUT2D eigenvalue weighted by atomic mass is 16.5. The van der Waals surface area contributed by atoms with E-state index in [9.17, 15) is 9.59 Å². The second-order valence-corrected chi connectivity index (χ2v) is 5.25. The third kappa shape index (κ3) is 4.25. The smallest absolute Gasteiger partial charge is 0.321 e. The molecule has 1 N–H and O–H groups in total. The van der Waals surface area contributed by atoms with Gasteiger partial charge in [0.25, 0.3) is 5.91 Å². The van der Waals surface area contributed by atoms with Gasteiger partial charge in [-0.1, -0.05) is 12.1 Å². The van der Waals surface area contributed by atoms with Gasteiger partial charge in [0, 0.05) is 25.2 Å². The topological polar surface area (TPSA) is 97.3 Å². The van der Waals surface area contributed by atoms with Crippen LogP contribution in [0.4, 0.5) is 5.95 Å². The van der Waals surface area contributed by atoms with Gasteiger partial charge >= 0.3 is 6.01 Å². The van der Waals surface area contributed by atoms with Crippen molar-refractivity contribution in [3.8, 4) is 6.01 Å². The first-order valence-corrected chi connectivity index (χ1v) is 7.26. The van der Waals surface area contributed by atoms with Crippen molar-refractivity contribution >= 4 is 17.6 Å². The number of carbonyl (C=O) groups is 2. The van der Waals surface area contributed by atoms with Crippen LogP contribution in [-0.2, 0) is 6.54 Å². The highest BCUT2D eigenvalue weighted by Gasteiger charge is 2.11. The number of nitrogens with zero attached hydrogens (tertiary/aromatic N) is 4. The molecule has 8 heteroatoms. The van der Waals surface area contributed by atoms with Gasteiger partial charge in [0.2, 0.25) is 5.95 Å². The number of methoxy groups -OCH3 is 1. The molecule has 0 aliphatic heterocycles. The molecule has 0 fully saturated rings. The zero-order chi connectivity index (χ0) is 17.7. The summed E-state index contributed by atoms with van der Waals surface area (Å²) in [5.74, 6) is 0.502. The lowest BCUT2D eigenvalue weighted by molar-refractivity contribution is 0.0947. The molecule has 0 atom stereocenters. The zero-order valence-corrected chi connectivity index (χ0v) is 14.0. The van der Waals surface area contributed by atoms with Crippen molar-refractivity contribution in [3.63, 3.8) is 0 Å². The quantitative estimate of drug-likeness (QED) is 0.792. The van der Waals surface area contributed by atoms with Gasteiger partial charge in [-0.05, 0) is 19.1 Å². The first-order chi connectivity index (χ1) is 11.4. The Morgan fingerprint density at radius 1 is 1.08 bits per heavy atom. The van der Waals surface area contributed by atoms with Gasteiger partial charge < -0.3 is 15.0 Å². The summed E-state index contributed by atoms with van der Waals surface area (Å²) in [5, 5.41) is 2.73. The number of Topliss-reactive ketones (excluding diaryl/α,β-unsaturated/α-hetero) is 1. The fourth-order valence-corrected chi connectivity index (χ4v) is 1.87. The zero-order valence-electron chi connectivity index (χ0n) is 14.0. The van der Waals surface area contributed by atoms with Gasteiger partial charge in [-0.25, -0.2) is 0 Å². The molecule has 0 saturated heterocycles. The van der Waals surface area contributed by atoms with Crippen LogP contribution in [0, 0.1) is 0 Å². The number of rotatable bonds is 6. The lowest BCUT2D eigenvalue weighted by Gasteiger charge is -2.12. The van der Waals surface area contributed by atoms with Crippen LogP contribution in [0.1, 0.15) is 33.5 Å². The molecule has 0 saturated carbocycles. The molecular weight excluding hydrogens is 310 g/mol. The average Bonchev–Trinajstić information content (AvgIpc) is 2.59. The van der Waals surface area contributed by atoms with Gasteiger partial charge in [-0.15, -0.1) is 0 Å². The Labute approximate surface area is 139 Å². The normalized spacial score (nSPS) is 10.2. The van der Waals surface area contributed by atoms with E-state index < -0.39 is 0 Å². The summed E-state index contributed by atoms with van der Waals surface area (Å²) < 4.78 is 5.04. The Balaban J connectivity index is 2.08. The van der Waals surface area contributed by atoms with Gasteiger partial charge in [0.15, 0.2) is 11.6 Å². The number of ether oxygens (including phenoxy) is 1. The molecule has 1 aromatic carbocycles. The molecule has 0 radical (unpaired) electrons. The van der Waals surface area contributed by atoms with Crippen LogP contribution in [0.25, 0.3) is 0 Å². The summed E-state index contributed by atoms with van der Waals surface area (Å²) in [6.45, 7) is 1.61. The Hall–Kier alpha value is -3.03. The fraction of sp³-hybridized carbons (Fsp3) is 0.312. The van der Waals surface area contributed by atoms with E-state index in [1.165, 1.54) is 14.0 Å². The summed E-state index contributed by atoms with van der Waals surface area (Å²) >= 11 is 0. The van der Waals surface area contributed by atoms with E-state index >= 15 is 0 Å². The Morgan fingerprint density at radius 3 is 2.25 bits per heavy atom. The van der Waals surface area contributed by atoms with Gasteiger partial charge in [0.05, 0.1) is 13.7 Å². The molecular formula is C16H19N5O3. The Morgan fingerprint density at radius 2 is 1.71 bits per heavy atom. The number of benzene rings is 1. The van der Waals surface area contributed by atoms with Crippen LogP contribution in [0.15, 0.2) is 24.3 Å². The van der Waals surface area contributed by atoms with Gasteiger partial charge in [-0.3, -0.25) is 9.59 Å². The third-order valence-electron chi connectivity index (χ3n) is 3.19. The van der Waals surface area contributed by atoms with E-state index in [-0.39, 0.29) is 24.2 Å². The number of anilines is 1. The number of nitrogens with one attached hydrogen (secondary N) is 1. The van der Waals surface area contributed by atoms with Crippen molar-refractivity contribution < 1.29 is 14.3 Å². The maximum absolute atomic E-state index is 12.2. The molecule has 24 heavy (non-hydrogen) atoms. The fourth-order valence-electron chi connectivity index (χ4n) is 1.87. The molecule has 1 heterocycles. The monoisotopic (exact) mass is 329 g/mol. The van der Waals surface area contributed by atoms with Crippen LogP contribution < -0.4 is 15.0 Å². The molecule has 126 valence electrons. The molecule has 1 amide bonds. The Bertz CT molecular complexity index is 744. The minimum atomic E-state index is -0.282. The number of ketones is 1. The number of hydrogen-bond donors (Lipinski definition) is 1. The van der Waals surface area contributed by atoms with Crippen molar-refractivity contribution in [3.05, 3.63) is 41.2 Å². The van der Waals surface area contributed by atoms with Crippen molar-refractivity contribution in [2.75, 3.05) is 26.1 Å². The highest BCUT2D eigenvalue weighted by molar-refractivity contribution is 5.97. The minimum Gasteiger partial charge on any atom is -0.467 e. The molecule has 0 bridgehead atoms. The molecule has 1 aromatic heterocycles. The predicted molar refractivity (Wildman–Crippen MR) is 88.3 cm³/mol. The molecule has 0 aliphatic rings. The standard InChI is InChI=1S/C16H19N5O3/c1-10(22)11-5-7-12(8-6-11)14(23)17-9-13-18-15(21(2)3)20-16(19-13)24-4/h5-8H,9H2,1-4H3,(H,17,23). The summed E-state index contributed by atoms with van der Waals surface area (Å²) in [6, 6.07) is 6.63. The first-order valence-electron chi connectivity index (χ1n) is 7.26. The van der Waals surface area contributed by atoms with E-state index in [2.05, 4.69) is 20.3 Å². The number of aromatic nitrogens is 3. The van der Waals surface area contributed by atoms with Crippen molar-refractivity contribution in [2.24, 2.45) is 0 Å². The Kier molecular flexibility index (Phi) is 5.41. The maximum Gasteiger partial charge on any atom is 0.321 e. The molecule has 8 nitrogen and oxygen atoms in total. The number of amides is 1. The predicted octanol–water partition coefficient (Wildman–Crippen LogP) is 1.08. The van der Waals surface area contributed by atoms with Crippen LogP contribution in [-0.4, -0.2) is 47.8 Å². The summed E-state index contributed by atoms with van der Waals surface area (Å²) in [4.78, 5) is 37.6. The van der Waals surface area contributed by atoms with E-state index in [1.807, 2.05) is 0 Å². The summed E-state index contributed by atoms with van der Waals surface area (Å²) in [5.41, 5.74) is 1.01. The third-order valence-corrected chi connectivity index (χ3v) is 3.19. The molecule has 0 unspecified atom stereocenters. The second kappa shape index (κ2) is 7.49. The average molecular weight is 329 g/mol. The van der Waals surface area contributed by atoms with Crippen LogP contribution in [0.3, 0.4) is 0 Å². The number of carbonyl (C=O) groups excluding carboxylic acids is 2. The second-order valence-electron chi connectivity index (χ2n) is 5.25.